The summed E-state index contributed by atoms with van der Waals surface area (Å²) in [5, 5.41) is 15.3. The number of fused-ring (bicyclic) bond motifs is 4. The Labute approximate surface area is 230 Å². The lowest BCUT2D eigenvalue weighted by Gasteiger charge is -2.60. The van der Waals surface area contributed by atoms with E-state index in [2.05, 4.69) is 22.6 Å². The van der Waals surface area contributed by atoms with Crippen molar-refractivity contribution in [1.82, 2.24) is 15.0 Å². The zero-order chi connectivity index (χ0) is 26.0. The number of piperidine rings is 3. The van der Waals surface area contributed by atoms with Gasteiger partial charge in [0.05, 0.1) is 45.0 Å². The number of rotatable bonds is 10. The minimum Gasteiger partial charge on any atom is -0.844 e. The summed E-state index contributed by atoms with van der Waals surface area (Å²) in [7, 11) is 1.64. The third-order valence-electron chi connectivity index (χ3n) is 8.09. The minimum absolute atomic E-state index is 0. The number of quaternary nitrogens is 1. The van der Waals surface area contributed by atoms with E-state index < -0.39 is 6.10 Å². The molecule has 5 heterocycles. The standard InChI is InChI=1S/C29H36N4O4.ClH/c1-5-19-17-33(18-21-15-27(36-6-2)32-29(31-21)37-7-3)13-11-20(19)14-26(33)28(34)23-10-12-30-25-9-8-22(35-4)16-24(23)25;/h5,8-10,12,15-16,19-20,26,28H,1,6-7,11,13-14,17-18H2,2-4H3;1H/t19?,20?,26?,28-,33?;/m1./s1. The Hall–Kier alpha value is -2.94. The van der Waals surface area contributed by atoms with Gasteiger partial charge in [0.1, 0.15) is 18.0 Å². The topological polar surface area (TPSA) is 89.4 Å². The van der Waals surface area contributed by atoms with Crippen LogP contribution in [0, 0.1) is 11.8 Å². The monoisotopic (exact) mass is 540 g/mol. The predicted molar refractivity (Wildman–Crippen MR) is 147 cm³/mol. The van der Waals surface area contributed by atoms with Gasteiger partial charge in [-0.25, -0.2) is 0 Å². The zero-order valence-electron chi connectivity index (χ0n) is 22.3. The summed E-state index contributed by atoms with van der Waals surface area (Å²) in [4.78, 5) is 13.6. The Morgan fingerprint density at radius 3 is 2.71 bits per heavy atom. The molecule has 0 radical (unpaired) electrons. The highest BCUT2D eigenvalue weighted by atomic mass is 35.5. The van der Waals surface area contributed by atoms with Crippen molar-refractivity contribution in [2.24, 2.45) is 11.8 Å². The molecule has 3 fully saturated rings. The van der Waals surface area contributed by atoms with Crippen molar-refractivity contribution in [2.45, 2.75) is 45.4 Å². The highest BCUT2D eigenvalue weighted by molar-refractivity contribution is 5.85. The van der Waals surface area contributed by atoms with Gasteiger partial charge in [-0.05, 0) is 55.7 Å². The number of ether oxygens (including phenoxy) is 3. The van der Waals surface area contributed by atoms with E-state index in [1.807, 2.05) is 44.2 Å². The molecule has 9 heteroatoms. The third kappa shape index (κ3) is 5.30. The van der Waals surface area contributed by atoms with E-state index in [-0.39, 0.29) is 18.4 Å². The van der Waals surface area contributed by atoms with Crippen LogP contribution in [0.3, 0.4) is 0 Å². The lowest BCUT2D eigenvalue weighted by atomic mass is 9.71. The molecule has 3 aromatic rings. The molecule has 0 spiro atoms. The van der Waals surface area contributed by atoms with Crippen LogP contribution in [0.1, 0.15) is 44.1 Å². The van der Waals surface area contributed by atoms with Crippen LogP contribution in [0.15, 0.2) is 49.2 Å². The molecule has 38 heavy (non-hydrogen) atoms. The third-order valence-corrected chi connectivity index (χ3v) is 8.09. The number of pyridine rings is 1. The Morgan fingerprint density at radius 1 is 1.16 bits per heavy atom. The molecule has 2 bridgehead atoms. The van der Waals surface area contributed by atoms with Gasteiger partial charge in [-0.1, -0.05) is 6.08 Å². The number of halogens is 1. The molecule has 0 aliphatic carbocycles. The van der Waals surface area contributed by atoms with Gasteiger partial charge in [-0.3, -0.25) is 4.98 Å². The fourth-order valence-electron chi connectivity index (χ4n) is 6.36. The van der Waals surface area contributed by atoms with Gasteiger partial charge >= 0.3 is 6.01 Å². The molecule has 0 saturated carbocycles. The molecular weight excluding hydrogens is 504 g/mol. The lowest BCUT2D eigenvalue weighted by Crippen LogP contribution is -2.68. The van der Waals surface area contributed by atoms with E-state index >= 15 is 0 Å². The maximum atomic E-state index is 14.4. The van der Waals surface area contributed by atoms with Gasteiger partial charge in [-0.2, -0.15) is 9.97 Å². The fraction of sp³-hybridized carbons (Fsp3) is 0.483. The Morgan fingerprint density at radius 2 is 1.97 bits per heavy atom. The molecule has 3 aliphatic rings. The summed E-state index contributed by atoms with van der Waals surface area (Å²) < 4.78 is 17.5. The van der Waals surface area contributed by atoms with Crippen molar-refractivity contribution >= 4 is 23.3 Å². The van der Waals surface area contributed by atoms with Crippen molar-refractivity contribution in [2.75, 3.05) is 33.4 Å². The maximum Gasteiger partial charge on any atom is 0.320 e. The summed E-state index contributed by atoms with van der Waals surface area (Å²) >= 11 is 0. The molecule has 8 nitrogen and oxygen atoms in total. The molecule has 3 saturated heterocycles. The van der Waals surface area contributed by atoms with Crippen LogP contribution >= 0.6 is 12.4 Å². The Kier molecular flexibility index (Phi) is 8.75. The first-order valence-electron chi connectivity index (χ1n) is 13.2. The Balaban J connectivity index is 0.00000336. The highest BCUT2D eigenvalue weighted by Gasteiger charge is 2.52. The van der Waals surface area contributed by atoms with Gasteiger partial charge < -0.3 is 23.8 Å². The molecule has 2 aromatic heterocycles. The quantitative estimate of drug-likeness (QED) is 0.280. The van der Waals surface area contributed by atoms with Crippen LogP contribution in [0.2, 0.25) is 0 Å². The van der Waals surface area contributed by atoms with Crippen molar-refractivity contribution < 1.29 is 23.8 Å². The SMILES string of the molecule is C=CC1C[N+]2(Cc3cc(OCC)nc(OCC)n3)CCC1CC2[C@H]([O-])c1ccnc2ccc(OC)cc12.Cl. The summed E-state index contributed by atoms with van der Waals surface area (Å²) in [6.07, 6.45) is 4.85. The first-order valence-corrected chi connectivity index (χ1v) is 13.2. The van der Waals surface area contributed by atoms with E-state index in [0.29, 0.717) is 48.0 Å². The van der Waals surface area contributed by atoms with E-state index in [0.717, 1.165) is 53.8 Å². The van der Waals surface area contributed by atoms with E-state index in [1.165, 1.54) is 0 Å². The lowest BCUT2D eigenvalue weighted by molar-refractivity contribution is -0.990. The van der Waals surface area contributed by atoms with Crippen molar-refractivity contribution in [3.63, 3.8) is 0 Å². The van der Waals surface area contributed by atoms with Crippen LogP contribution in [0.25, 0.3) is 10.9 Å². The van der Waals surface area contributed by atoms with Crippen LogP contribution in [0.4, 0.5) is 0 Å². The summed E-state index contributed by atoms with van der Waals surface area (Å²) in [6.45, 7) is 11.4. The van der Waals surface area contributed by atoms with Gasteiger partial charge in [0.2, 0.25) is 5.88 Å². The molecule has 6 rings (SSSR count). The van der Waals surface area contributed by atoms with E-state index in [9.17, 15) is 5.11 Å². The Bertz CT molecular complexity index is 1250. The maximum absolute atomic E-state index is 14.4. The van der Waals surface area contributed by atoms with Gasteiger partial charge in [-0.15, -0.1) is 19.0 Å². The number of hydrogen-bond donors (Lipinski definition) is 0. The summed E-state index contributed by atoms with van der Waals surface area (Å²) in [6, 6.07) is 9.73. The molecule has 0 amide bonds. The van der Waals surface area contributed by atoms with Gasteiger partial charge in [0.25, 0.3) is 0 Å². The minimum atomic E-state index is -0.911. The van der Waals surface area contributed by atoms with Crippen LogP contribution in [-0.4, -0.2) is 58.9 Å². The number of aromatic nitrogens is 3. The molecular formula is C29H37ClN4O4. The first kappa shape index (κ1) is 28.1. The molecule has 5 atom stereocenters. The van der Waals surface area contributed by atoms with Crippen molar-refractivity contribution in [3.05, 3.63) is 60.4 Å². The second-order valence-corrected chi connectivity index (χ2v) is 10.1. The average Bonchev–Trinajstić information content (AvgIpc) is 2.92. The zero-order valence-corrected chi connectivity index (χ0v) is 23.2. The van der Waals surface area contributed by atoms with Crippen molar-refractivity contribution in [3.8, 4) is 17.6 Å². The second kappa shape index (κ2) is 11.8. The van der Waals surface area contributed by atoms with Crippen LogP contribution < -0.4 is 19.3 Å². The van der Waals surface area contributed by atoms with Gasteiger partial charge in [0, 0.05) is 36.4 Å². The van der Waals surface area contributed by atoms with Crippen LogP contribution in [-0.2, 0) is 6.54 Å². The first-order chi connectivity index (χ1) is 18.0. The van der Waals surface area contributed by atoms with E-state index in [4.69, 9.17) is 19.2 Å². The number of methoxy groups -OCH3 is 1. The number of nitrogens with zero attached hydrogens (tertiary/aromatic N) is 4. The normalized spacial score (nSPS) is 24.9. The van der Waals surface area contributed by atoms with Crippen molar-refractivity contribution in [1.29, 1.82) is 0 Å². The summed E-state index contributed by atoms with van der Waals surface area (Å²) in [5.41, 5.74) is 2.43. The summed E-state index contributed by atoms with van der Waals surface area (Å²) in [5.74, 6) is 2.09. The fourth-order valence-corrected chi connectivity index (χ4v) is 6.36. The number of hydrogen-bond acceptors (Lipinski definition) is 7. The second-order valence-electron chi connectivity index (χ2n) is 10.1. The molecule has 1 aromatic carbocycles. The smallest absolute Gasteiger partial charge is 0.320 e. The largest absolute Gasteiger partial charge is 0.844 e. The number of benzene rings is 1. The molecule has 4 unspecified atom stereocenters. The molecule has 3 aliphatic heterocycles. The molecule has 0 N–H and O–H groups in total. The van der Waals surface area contributed by atoms with Crippen LogP contribution in [0.5, 0.6) is 17.6 Å². The van der Waals surface area contributed by atoms with Gasteiger partial charge in [0.15, 0.2) is 0 Å². The molecule has 204 valence electrons. The average molecular weight is 541 g/mol. The predicted octanol–water partition coefficient (Wildman–Crippen LogP) is 4.27. The van der Waals surface area contributed by atoms with E-state index in [1.54, 1.807) is 13.3 Å². The highest BCUT2D eigenvalue weighted by Crippen LogP contribution is 2.47.